The molecule has 0 saturated carbocycles. The molecule has 3 rings (SSSR count). The van der Waals surface area contributed by atoms with Gasteiger partial charge in [-0.1, -0.05) is 23.7 Å². The van der Waals surface area contributed by atoms with Gasteiger partial charge in [0.25, 0.3) is 5.91 Å². The van der Waals surface area contributed by atoms with Gasteiger partial charge in [0.15, 0.2) is 5.76 Å². The number of halogens is 1. The molecule has 1 aliphatic heterocycles. The number of carbonyl (C=O) groups excluding carboxylic acids is 2. The van der Waals surface area contributed by atoms with Gasteiger partial charge in [0, 0.05) is 13.1 Å². The Bertz CT molecular complexity index is 799. The number of carbonyl (C=O) groups is 2. The first-order chi connectivity index (χ1) is 13.0. The summed E-state index contributed by atoms with van der Waals surface area (Å²) in [5, 5.41) is 3.21. The molecule has 0 radical (unpaired) electrons. The summed E-state index contributed by atoms with van der Waals surface area (Å²) < 4.78 is 11.1. The van der Waals surface area contributed by atoms with Crippen LogP contribution in [0.15, 0.2) is 40.8 Å². The Morgan fingerprint density at radius 1 is 1.19 bits per heavy atom. The number of hydrogen-bond acceptors (Lipinski definition) is 4. The molecule has 6 nitrogen and oxygen atoms in total. The van der Waals surface area contributed by atoms with E-state index >= 15 is 0 Å². The molecule has 2 amide bonds. The smallest absolute Gasteiger partial charge is 0.287 e. The van der Waals surface area contributed by atoms with Crippen molar-refractivity contribution in [1.29, 1.82) is 0 Å². The van der Waals surface area contributed by atoms with Crippen LogP contribution in [-0.2, 0) is 11.4 Å². The van der Waals surface area contributed by atoms with Gasteiger partial charge in [-0.05, 0) is 50.5 Å². The van der Waals surface area contributed by atoms with Crippen molar-refractivity contribution in [3.8, 4) is 5.75 Å². The second-order valence-electron chi connectivity index (χ2n) is 6.57. The number of piperidine rings is 1. The van der Waals surface area contributed by atoms with Crippen LogP contribution in [0.25, 0.3) is 0 Å². The number of amides is 2. The minimum Gasteiger partial charge on any atom is -0.484 e. The van der Waals surface area contributed by atoms with Gasteiger partial charge in [-0.25, -0.2) is 0 Å². The number of benzene rings is 1. The van der Waals surface area contributed by atoms with Crippen LogP contribution in [0.2, 0.25) is 5.02 Å². The van der Waals surface area contributed by atoms with Crippen LogP contribution in [0.3, 0.4) is 0 Å². The highest BCUT2D eigenvalue weighted by molar-refractivity contribution is 6.32. The zero-order chi connectivity index (χ0) is 19.2. The third kappa shape index (κ3) is 5.04. The molecule has 1 saturated heterocycles. The van der Waals surface area contributed by atoms with E-state index in [1.165, 1.54) is 0 Å². The summed E-state index contributed by atoms with van der Waals surface area (Å²) in [6, 6.07) is 9.77. The Morgan fingerprint density at radius 2 is 1.93 bits per heavy atom. The molecule has 1 atom stereocenters. The number of likely N-dealkylation sites (tertiary alicyclic amines) is 1. The van der Waals surface area contributed by atoms with Crippen LogP contribution in [0.4, 0.5) is 0 Å². The highest BCUT2D eigenvalue weighted by Crippen LogP contribution is 2.24. The second kappa shape index (κ2) is 8.95. The van der Waals surface area contributed by atoms with Crippen molar-refractivity contribution < 1.29 is 18.7 Å². The van der Waals surface area contributed by atoms with Crippen LogP contribution in [0, 0.1) is 0 Å². The molecule has 27 heavy (non-hydrogen) atoms. The van der Waals surface area contributed by atoms with Crippen LogP contribution in [0.1, 0.15) is 42.5 Å². The maximum absolute atomic E-state index is 12.4. The predicted octanol–water partition coefficient (Wildman–Crippen LogP) is 3.64. The average molecular weight is 391 g/mol. The molecule has 1 fully saturated rings. The van der Waals surface area contributed by atoms with Gasteiger partial charge in [-0.2, -0.15) is 0 Å². The van der Waals surface area contributed by atoms with E-state index in [0.717, 1.165) is 32.4 Å². The molecule has 1 aliphatic rings. The normalized spacial score (nSPS) is 15.3. The lowest BCUT2D eigenvalue weighted by Crippen LogP contribution is -2.48. The molecule has 2 heterocycles. The molecule has 2 aromatic rings. The molecule has 1 aromatic carbocycles. The monoisotopic (exact) mass is 390 g/mol. The summed E-state index contributed by atoms with van der Waals surface area (Å²) in [5.74, 6) is 0.706. The fraction of sp³-hybridized carbons (Fsp3) is 0.400. The summed E-state index contributed by atoms with van der Waals surface area (Å²) in [7, 11) is 0. The summed E-state index contributed by atoms with van der Waals surface area (Å²) in [4.78, 5) is 26.6. The van der Waals surface area contributed by atoms with Gasteiger partial charge in [0.2, 0.25) is 5.91 Å². The van der Waals surface area contributed by atoms with Crippen LogP contribution >= 0.6 is 11.6 Å². The molecule has 0 bridgehead atoms. The molecule has 7 heteroatoms. The lowest BCUT2D eigenvalue weighted by molar-refractivity contribution is -0.133. The van der Waals surface area contributed by atoms with Gasteiger partial charge < -0.3 is 19.4 Å². The van der Waals surface area contributed by atoms with Crippen molar-refractivity contribution in [3.63, 3.8) is 0 Å². The summed E-state index contributed by atoms with van der Waals surface area (Å²) in [6.45, 7) is 3.35. The van der Waals surface area contributed by atoms with Crippen molar-refractivity contribution in [2.24, 2.45) is 0 Å². The first kappa shape index (κ1) is 19.3. The van der Waals surface area contributed by atoms with Crippen molar-refractivity contribution >= 4 is 23.4 Å². The minimum atomic E-state index is -0.594. The van der Waals surface area contributed by atoms with Crippen LogP contribution < -0.4 is 10.1 Å². The third-order valence-corrected chi connectivity index (χ3v) is 4.79. The van der Waals surface area contributed by atoms with E-state index in [1.807, 2.05) is 12.1 Å². The molecule has 1 N–H and O–H groups in total. The van der Waals surface area contributed by atoms with Gasteiger partial charge in [0.05, 0.1) is 5.02 Å². The maximum atomic E-state index is 12.4. The summed E-state index contributed by atoms with van der Waals surface area (Å²) >= 11 is 6.04. The number of rotatable bonds is 6. The fourth-order valence-corrected chi connectivity index (χ4v) is 3.20. The molecular formula is C20H23ClN2O4. The topological polar surface area (TPSA) is 71.8 Å². The number of nitrogens with one attached hydrogen (secondary N) is 1. The van der Waals surface area contributed by atoms with Crippen LogP contribution in [0.5, 0.6) is 5.75 Å². The maximum Gasteiger partial charge on any atom is 0.287 e. The Morgan fingerprint density at radius 3 is 2.67 bits per heavy atom. The van der Waals surface area contributed by atoms with Gasteiger partial charge in [0.1, 0.15) is 24.2 Å². The van der Waals surface area contributed by atoms with E-state index in [4.69, 9.17) is 20.8 Å². The molecule has 144 valence electrons. The van der Waals surface area contributed by atoms with Gasteiger partial charge in [-0.3, -0.25) is 9.59 Å². The van der Waals surface area contributed by atoms with E-state index in [0.29, 0.717) is 16.5 Å². The molecule has 0 aliphatic carbocycles. The second-order valence-corrected chi connectivity index (χ2v) is 6.97. The summed E-state index contributed by atoms with van der Waals surface area (Å²) in [6.07, 6.45) is 3.18. The lowest BCUT2D eigenvalue weighted by Gasteiger charge is -2.29. The average Bonchev–Trinajstić information content (AvgIpc) is 3.16. The van der Waals surface area contributed by atoms with Crippen molar-refractivity contribution in [2.75, 3.05) is 13.1 Å². The highest BCUT2D eigenvalue weighted by Gasteiger charge is 2.24. The van der Waals surface area contributed by atoms with E-state index in [1.54, 1.807) is 36.1 Å². The van der Waals surface area contributed by atoms with Gasteiger partial charge >= 0.3 is 0 Å². The number of ether oxygens (including phenoxy) is 1. The lowest BCUT2D eigenvalue weighted by atomic mass is 10.1. The Balaban J connectivity index is 1.53. The zero-order valence-corrected chi connectivity index (χ0v) is 16.0. The van der Waals surface area contributed by atoms with E-state index < -0.39 is 11.9 Å². The first-order valence-corrected chi connectivity index (χ1v) is 9.48. The molecular weight excluding hydrogens is 368 g/mol. The standard InChI is InChI=1S/C20H23ClN2O4/c1-14(20(25)23-11-5-2-6-12-23)22-19(24)18-10-9-15(27-18)13-26-17-8-4-3-7-16(17)21/h3-4,7-10,14H,2,5-6,11-13H2,1H3,(H,22,24). The van der Waals surface area contributed by atoms with Gasteiger partial charge in [-0.15, -0.1) is 0 Å². The Hall–Kier alpha value is -2.47. The Kier molecular flexibility index (Phi) is 6.40. The SMILES string of the molecule is CC(NC(=O)c1ccc(COc2ccccc2Cl)o1)C(=O)N1CCCCC1. The van der Waals surface area contributed by atoms with Crippen molar-refractivity contribution in [1.82, 2.24) is 10.2 Å². The van der Waals surface area contributed by atoms with Crippen molar-refractivity contribution in [3.05, 3.63) is 52.9 Å². The van der Waals surface area contributed by atoms with Crippen LogP contribution in [-0.4, -0.2) is 35.8 Å². The first-order valence-electron chi connectivity index (χ1n) is 9.10. The number of nitrogens with zero attached hydrogens (tertiary/aromatic N) is 1. The summed E-state index contributed by atoms with van der Waals surface area (Å²) in [5.41, 5.74) is 0. The molecule has 1 unspecified atom stereocenters. The predicted molar refractivity (Wildman–Crippen MR) is 102 cm³/mol. The van der Waals surface area contributed by atoms with E-state index in [-0.39, 0.29) is 18.3 Å². The highest BCUT2D eigenvalue weighted by atomic mass is 35.5. The zero-order valence-electron chi connectivity index (χ0n) is 15.2. The minimum absolute atomic E-state index is 0.0584. The number of furan rings is 1. The van der Waals surface area contributed by atoms with Crippen molar-refractivity contribution in [2.45, 2.75) is 38.8 Å². The largest absolute Gasteiger partial charge is 0.484 e. The number of hydrogen-bond donors (Lipinski definition) is 1. The number of para-hydroxylation sites is 1. The fourth-order valence-electron chi connectivity index (χ4n) is 3.01. The Labute approximate surface area is 163 Å². The quantitative estimate of drug-likeness (QED) is 0.817. The third-order valence-electron chi connectivity index (χ3n) is 4.48. The van der Waals surface area contributed by atoms with E-state index in [2.05, 4.69) is 5.32 Å². The molecule has 1 aromatic heterocycles. The van der Waals surface area contributed by atoms with E-state index in [9.17, 15) is 9.59 Å². The molecule has 0 spiro atoms.